The van der Waals surface area contributed by atoms with Gasteiger partial charge in [-0.25, -0.2) is 4.98 Å². The monoisotopic (exact) mass is 267 g/mol. The molecule has 1 aromatic heterocycles. The minimum Gasteiger partial charge on any atom is -0.383 e. The highest BCUT2D eigenvalue weighted by molar-refractivity contribution is 6.30. The van der Waals surface area contributed by atoms with Crippen molar-refractivity contribution < 1.29 is 0 Å². The fraction of sp³-hybridized carbons (Fsp3) is 0.643. The van der Waals surface area contributed by atoms with Gasteiger partial charge in [0.1, 0.15) is 5.82 Å². The molecule has 1 fully saturated rings. The SMILES string of the molecule is CNC(c1cc(Cl)cnc1N)C1CCC(C)CC1. The lowest BCUT2D eigenvalue weighted by molar-refractivity contribution is 0.238. The van der Waals surface area contributed by atoms with Crippen LogP contribution in [0.15, 0.2) is 12.3 Å². The van der Waals surface area contributed by atoms with Crippen molar-refractivity contribution in [2.24, 2.45) is 11.8 Å². The van der Waals surface area contributed by atoms with Gasteiger partial charge in [0.05, 0.1) is 5.02 Å². The van der Waals surface area contributed by atoms with Gasteiger partial charge in [0, 0.05) is 17.8 Å². The van der Waals surface area contributed by atoms with Crippen LogP contribution in [0.5, 0.6) is 0 Å². The molecule has 1 aromatic rings. The molecule has 100 valence electrons. The van der Waals surface area contributed by atoms with E-state index in [2.05, 4.69) is 17.2 Å². The Kier molecular flexibility index (Phi) is 4.46. The summed E-state index contributed by atoms with van der Waals surface area (Å²) < 4.78 is 0. The van der Waals surface area contributed by atoms with Gasteiger partial charge in [0.15, 0.2) is 0 Å². The summed E-state index contributed by atoms with van der Waals surface area (Å²) in [6.45, 7) is 2.33. The Balaban J connectivity index is 2.19. The second-order valence-electron chi connectivity index (χ2n) is 5.41. The molecule has 1 aliphatic carbocycles. The topological polar surface area (TPSA) is 50.9 Å². The molecule has 0 bridgehead atoms. The molecule has 1 saturated carbocycles. The normalized spacial score (nSPS) is 25.9. The van der Waals surface area contributed by atoms with Gasteiger partial charge >= 0.3 is 0 Å². The molecule has 1 atom stereocenters. The Labute approximate surface area is 114 Å². The molecule has 0 aliphatic heterocycles. The van der Waals surface area contributed by atoms with Crippen LogP contribution >= 0.6 is 11.6 Å². The molecule has 1 aliphatic rings. The average molecular weight is 268 g/mol. The second kappa shape index (κ2) is 5.89. The van der Waals surface area contributed by atoms with Crippen LogP contribution in [0.25, 0.3) is 0 Å². The van der Waals surface area contributed by atoms with E-state index in [0.29, 0.717) is 16.8 Å². The maximum atomic E-state index is 6.03. The first-order chi connectivity index (χ1) is 8.61. The minimum atomic E-state index is 0.267. The van der Waals surface area contributed by atoms with Crippen LogP contribution in [0.4, 0.5) is 5.82 Å². The van der Waals surface area contributed by atoms with E-state index in [0.717, 1.165) is 11.5 Å². The lowest BCUT2D eigenvalue weighted by Crippen LogP contribution is -2.29. The predicted octanol–water partition coefficient (Wildman–Crippen LogP) is 3.40. The summed E-state index contributed by atoms with van der Waals surface area (Å²) in [5.41, 5.74) is 7.04. The van der Waals surface area contributed by atoms with E-state index in [1.54, 1.807) is 6.20 Å². The number of rotatable bonds is 3. The third-order valence-corrected chi connectivity index (χ3v) is 4.30. The number of hydrogen-bond acceptors (Lipinski definition) is 3. The highest BCUT2D eigenvalue weighted by Gasteiger charge is 2.27. The molecule has 3 nitrogen and oxygen atoms in total. The number of nitrogens with two attached hydrogens (primary N) is 1. The van der Waals surface area contributed by atoms with Gasteiger partial charge in [-0.2, -0.15) is 0 Å². The van der Waals surface area contributed by atoms with Crippen molar-refractivity contribution in [1.29, 1.82) is 0 Å². The zero-order chi connectivity index (χ0) is 13.1. The molecule has 1 heterocycles. The van der Waals surface area contributed by atoms with Gasteiger partial charge in [0.2, 0.25) is 0 Å². The number of hydrogen-bond donors (Lipinski definition) is 2. The Hall–Kier alpha value is -0.800. The molecular weight excluding hydrogens is 246 g/mol. The summed E-state index contributed by atoms with van der Waals surface area (Å²) in [4.78, 5) is 4.16. The Morgan fingerprint density at radius 1 is 1.39 bits per heavy atom. The van der Waals surface area contributed by atoms with E-state index in [4.69, 9.17) is 17.3 Å². The van der Waals surface area contributed by atoms with E-state index < -0.39 is 0 Å². The molecule has 1 unspecified atom stereocenters. The van der Waals surface area contributed by atoms with Gasteiger partial charge in [-0.3, -0.25) is 0 Å². The lowest BCUT2D eigenvalue weighted by Gasteiger charge is -2.33. The first kappa shape index (κ1) is 13.6. The number of aromatic nitrogens is 1. The maximum absolute atomic E-state index is 6.03. The Morgan fingerprint density at radius 3 is 2.67 bits per heavy atom. The van der Waals surface area contributed by atoms with Crippen molar-refractivity contribution >= 4 is 17.4 Å². The minimum absolute atomic E-state index is 0.267. The van der Waals surface area contributed by atoms with Crippen LogP contribution in [-0.2, 0) is 0 Å². The van der Waals surface area contributed by atoms with E-state index in [-0.39, 0.29) is 6.04 Å². The van der Waals surface area contributed by atoms with E-state index in [1.165, 1.54) is 25.7 Å². The van der Waals surface area contributed by atoms with Gasteiger partial charge in [-0.05, 0) is 37.8 Å². The molecule has 0 saturated heterocycles. The fourth-order valence-electron chi connectivity index (χ4n) is 2.98. The van der Waals surface area contributed by atoms with Crippen molar-refractivity contribution in [2.75, 3.05) is 12.8 Å². The Morgan fingerprint density at radius 2 is 2.06 bits per heavy atom. The number of nitrogens with zero attached hydrogens (tertiary/aromatic N) is 1. The number of pyridine rings is 1. The quantitative estimate of drug-likeness (QED) is 0.882. The third kappa shape index (κ3) is 2.96. The molecule has 4 heteroatoms. The zero-order valence-corrected chi connectivity index (χ0v) is 11.9. The lowest BCUT2D eigenvalue weighted by atomic mass is 9.77. The highest BCUT2D eigenvalue weighted by Crippen LogP contribution is 2.38. The fourth-order valence-corrected chi connectivity index (χ4v) is 3.15. The van der Waals surface area contributed by atoms with Crippen LogP contribution in [0.1, 0.15) is 44.2 Å². The van der Waals surface area contributed by atoms with Crippen molar-refractivity contribution in [2.45, 2.75) is 38.6 Å². The van der Waals surface area contributed by atoms with Crippen molar-refractivity contribution in [3.05, 3.63) is 22.8 Å². The predicted molar refractivity (Wildman–Crippen MR) is 76.6 cm³/mol. The standard InChI is InChI=1S/C14H22ClN3/c1-9-3-5-10(6-4-9)13(17-2)12-7-11(15)8-18-14(12)16/h7-10,13,17H,3-6H2,1-2H3,(H2,16,18). The summed E-state index contributed by atoms with van der Waals surface area (Å²) in [7, 11) is 1.99. The smallest absolute Gasteiger partial charge is 0.128 e. The van der Waals surface area contributed by atoms with Crippen LogP contribution in [-0.4, -0.2) is 12.0 Å². The van der Waals surface area contributed by atoms with Crippen molar-refractivity contribution in [3.63, 3.8) is 0 Å². The molecule has 0 radical (unpaired) electrons. The summed E-state index contributed by atoms with van der Waals surface area (Å²) >= 11 is 6.03. The van der Waals surface area contributed by atoms with Crippen molar-refractivity contribution in [1.82, 2.24) is 10.3 Å². The summed E-state index contributed by atoms with van der Waals surface area (Å²) in [6, 6.07) is 2.21. The van der Waals surface area contributed by atoms with Crippen LogP contribution in [0.2, 0.25) is 5.02 Å². The maximum Gasteiger partial charge on any atom is 0.128 e. The van der Waals surface area contributed by atoms with Crippen LogP contribution in [0, 0.1) is 11.8 Å². The summed E-state index contributed by atoms with van der Waals surface area (Å²) in [5.74, 6) is 2.08. The summed E-state index contributed by atoms with van der Waals surface area (Å²) in [6.07, 6.45) is 6.71. The van der Waals surface area contributed by atoms with Crippen molar-refractivity contribution in [3.8, 4) is 0 Å². The number of nitrogen functional groups attached to an aromatic ring is 1. The molecule has 0 aromatic carbocycles. The zero-order valence-electron chi connectivity index (χ0n) is 11.1. The summed E-state index contributed by atoms with van der Waals surface area (Å²) in [5, 5.41) is 4.05. The van der Waals surface area contributed by atoms with Crippen LogP contribution < -0.4 is 11.1 Å². The van der Waals surface area contributed by atoms with E-state index in [1.807, 2.05) is 13.1 Å². The first-order valence-electron chi connectivity index (χ1n) is 6.70. The van der Waals surface area contributed by atoms with Crippen LogP contribution in [0.3, 0.4) is 0 Å². The Bertz CT molecular complexity index is 400. The van der Waals surface area contributed by atoms with E-state index in [9.17, 15) is 0 Å². The average Bonchev–Trinajstić information content (AvgIpc) is 2.37. The van der Waals surface area contributed by atoms with Gasteiger partial charge in [-0.15, -0.1) is 0 Å². The first-order valence-corrected chi connectivity index (χ1v) is 7.07. The highest BCUT2D eigenvalue weighted by atomic mass is 35.5. The number of anilines is 1. The third-order valence-electron chi connectivity index (χ3n) is 4.09. The number of nitrogens with one attached hydrogen (secondary N) is 1. The second-order valence-corrected chi connectivity index (χ2v) is 5.85. The molecule has 2 rings (SSSR count). The van der Waals surface area contributed by atoms with E-state index >= 15 is 0 Å². The van der Waals surface area contributed by atoms with Gasteiger partial charge < -0.3 is 11.1 Å². The molecule has 3 N–H and O–H groups in total. The molecular formula is C14H22ClN3. The molecule has 0 spiro atoms. The molecule has 0 amide bonds. The number of halogens is 1. The van der Waals surface area contributed by atoms with Gasteiger partial charge in [-0.1, -0.05) is 31.4 Å². The largest absolute Gasteiger partial charge is 0.383 e. The van der Waals surface area contributed by atoms with Gasteiger partial charge in [0.25, 0.3) is 0 Å². The molecule has 18 heavy (non-hydrogen) atoms.